The number of fused-ring (bicyclic) bond motifs is 1. The number of carboxylic acid groups (broad SMARTS) is 1. The van der Waals surface area contributed by atoms with Crippen molar-refractivity contribution in [2.75, 3.05) is 18.5 Å². The first-order chi connectivity index (χ1) is 13.5. The van der Waals surface area contributed by atoms with Crippen molar-refractivity contribution in [1.29, 1.82) is 0 Å². The molecule has 8 heteroatoms. The Morgan fingerprint density at radius 2 is 2.14 bits per heavy atom. The highest BCUT2D eigenvalue weighted by Gasteiger charge is 2.23. The standard InChI is InChI=1S/C20H21IN4O3/c1-12(23-2)15(10-22)14-6-7-18(24-19(14)20(26)27)25-9-8-13-4-3-5-17(21-28)16(13)11-25/h3-7,10H,8-9,11,22H2,1-2H3,(H,26,27)/b15-10+,23-12?. The van der Waals surface area contributed by atoms with E-state index in [1.807, 2.05) is 17.0 Å². The molecule has 0 aliphatic carbocycles. The topological polar surface area (TPSA) is 109 Å². The maximum Gasteiger partial charge on any atom is 0.355 e. The molecule has 0 bridgehead atoms. The SMILES string of the molecule is CN=C(C)/C(=C\N)c1ccc(N2CCc3cccc(I=O)c3C2)nc1C(=O)O. The predicted octanol–water partition coefficient (Wildman–Crippen LogP) is 3.22. The van der Waals surface area contributed by atoms with E-state index in [4.69, 9.17) is 5.73 Å². The van der Waals surface area contributed by atoms with Crippen molar-refractivity contribution in [3.05, 3.63) is 62.5 Å². The molecule has 7 nitrogen and oxygen atoms in total. The Morgan fingerprint density at radius 1 is 1.36 bits per heavy atom. The van der Waals surface area contributed by atoms with Gasteiger partial charge in [-0.3, -0.25) is 8.06 Å². The molecule has 2 heterocycles. The molecule has 2 aromatic rings. The summed E-state index contributed by atoms with van der Waals surface area (Å²) >= 11 is -1.27. The quantitative estimate of drug-likeness (QED) is 0.490. The van der Waals surface area contributed by atoms with E-state index in [0.717, 1.165) is 15.6 Å². The minimum Gasteiger partial charge on any atom is -0.476 e. The van der Waals surface area contributed by atoms with Crippen LogP contribution in [0.5, 0.6) is 0 Å². The fourth-order valence-electron chi connectivity index (χ4n) is 3.34. The summed E-state index contributed by atoms with van der Waals surface area (Å²) in [5, 5.41) is 9.70. The van der Waals surface area contributed by atoms with Crippen molar-refractivity contribution in [1.82, 2.24) is 4.98 Å². The Kier molecular flexibility index (Phi) is 6.18. The number of aromatic nitrogens is 1. The third kappa shape index (κ3) is 3.82. The molecule has 0 spiro atoms. The number of nitrogens with two attached hydrogens (primary N) is 1. The third-order valence-electron chi connectivity index (χ3n) is 4.89. The van der Waals surface area contributed by atoms with Gasteiger partial charge in [0.15, 0.2) is 26.9 Å². The average molecular weight is 492 g/mol. The van der Waals surface area contributed by atoms with Crippen molar-refractivity contribution in [2.45, 2.75) is 19.9 Å². The van der Waals surface area contributed by atoms with Crippen molar-refractivity contribution in [3.63, 3.8) is 0 Å². The van der Waals surface area contributed by atoms with Crippen molar-refractivity contribution in [3.8, 4) is 0 Å². The first-order valence-electron chi connectivity index (χ1n) is 8.73. The Labute approximate surface area is 173 Å². The molecule has 1 aliphatic heterocycles. The van der Waals surface area contributed by atoms with Gasteiger partial charge in [-0.05, 0) is 42.7 Å². The summed E-state index contributed by atoms with van der Waals surface area (Å²) in [7, 11) is 1.63. The normalized spacial score (nSPS) is 14.7. The predicted molar refractivity (Wildman–Crippen MR) is 117 cm³/mol. The van der Waals surface area contributed by atoms with E-state index in [1.165, 1.54) is 11.8 Å². The minimum atomic E-state index is -1.27. The van der Waals surface area contributed by atoms with Crippen molar-refractivity contribution in [2.24, 2.45) is 10.7 Å². The second-order valence-electron chi connectivity index (χ2n) is 6.39. The van der Waals surface area contributed by atoms with Crippen molar-refractivity contribution >= 4 is 44.3 Å². The Bertz CT molecular complexity index is 1000. The monoisotopic (exact) mass is 492 g/mol. The Hall–Kier alpha value is -2.62. The number of rotatable bonds is 5. The van der Waals surface area contributed by atoms with Crippen LogP contribution in [0.2, 0.25) is 0 Å². The van der Waals surface area contributed by atoms with Crippen LogP contribution in [-0.4, -0.2) is 35.4 Å². The fraction of sp³-hybridized carbons (Fsp3) is 0.250. The molecule has 1 aliphatic rings. The number of pyridine rings is 1. The number of carboxylic acids is 1. The largest absolute Gasteiger partial charge is 0.476 e. The molecule has 0 atom stereocenters. The van der Waals surface area contributed by atoms with Crippen LogP contribution in [-0.2, 0) is 16.0 Å². The third-order valence-corrected chi connectivity index (χ3v) is 6.37. The number of aromatic carboxylic acids is 1. The summed E-state index contributed by atoms with van der Waals surface area (Å²) in [6.07, 6.45) is 2.15. The molecule has 3 rings (SSSR count). The van der Waals surface area contributed by atoms with Gasteiger partial charge in [0.25, 0.3) is 0 Å². The molecule has 1 aromatic carbocycles. The van der Waals surface area contributed by atoms with E-state index in [1.54, 1.807) is 26.1 Å². The molecule has 0 saturated carbocycles. The highest BCUT2D eigenvalue weighted by Crippen LogP contribution is 2.29. The van der Waals surface area contributed by atoms with Gasteiger partial charge in [-0.2, -0.15) is 0 Å². The molecule has 28 heavy (non-hydrogen) atoms. The highest BCUT2D eigenvalue weighted by molar-refractivity contribution is 14.1. The van der Waals surface area contributed by atoms with Crippen LogP contribution in [0, 0.1) is 3.57 Å². The van der Waals surface area contributed by atoms with Crippen LogP contribution in [0.15, 0.2) is 41.5 Å². The lowest BCUT2D eigenvalue weighted by Crippen LogP contribution is -2.32. The fourth-order valence-corrected chi connectivity index (χ4v) is 4.48. The summed E-state index contributed by atoms with van der Waals surface area (Å²) in [5.41, 5.74) is 9.53. The van der Waals surface area contributed by atoms with Crippen LogP contribution in [0.4, 0.5) is 5.82 Å². The summed E-state index contributed by atoms with van der Waals surface area (Å²) in [5.74, 6) is -0.545. The van der Waals surface area contributed by atoms with Gasteiger partial charge in [0.05, 0.1) is 3.57 Å². The first kappa shape index (κ1) is 20.1. The number of anilines is 1. The molecule has 146 valence electrons. The molecular weight excluding hydrogens is 471 g/mol. The van der Waals surface area contributed by atoms with E-state index < -0.39 is 27.2 Å². The molecule has 0 radical (unpaired) electrons. The molecule has 3 N–H and O–H groups in total. The lowest BCUT2D eigenvalue weighted by molar-refractivity contribution is 0.0690. The van der Waals surface area contributed by atoms with Gasteiger partial charge in [-0.15, -0.1) is 0 Å². The molecule has 1 aromatic heterocycles. The van der Waals surface area contributed by atoms with Gasteiger partial charge >= 0.3 is 5.97 Å². The molecule has 0 unspecified atom stereocenters. The highest BCUT2D eigenvalue weighted by atomic mass is 127. The van der Waals surface area contributed by atoms with Crippen LogP contribution in [0.25, 0.3) is 5.57 Å². The Balaban J connectivity index is 2.02. The van der Waals surface area contributed by atoms with Crippen molar-refractivity contribution < 1.29 is 13.0 Å². The van der Waals surface area contributed by atoms with E-state index in [-0.39, 0.29) is 5.69 Å². The lowest BCUT2D eigenvalue weighted by Gasteiger charge is -2.30. The smallest absolute Gasteiger partial charge is 0.355 e. The number of halogens is 1. The van der Waals surface area contributed by atoms with Gasteiger partial charge in [-0.1, -0.05) is 12.1 Å². The number of hydrogen-bond acceptors (Lipinski definition) is 6. The zero-order valence-electron chi connectivity index (χ0n) is 15.6. The number of benzene rings is 1. The lowest BCUT2D eigenvalue weighted by atomic mass is 9.99. The molecular formula is C20H21IN4O3. The Morgan fingerprint density at radius 3 is 2.79 bits per heavy atom. The molecule has 0 saturated heterocycles. The van der Waals surface area contributed by atoms with Gasteiger partial charge in [0, 0.05) is 43.2 Å². The summed E-state index contributed by atoms with van der Waals surface area (Å²) in [6.45, 7) is 3.05. The van der Waals surface area contributed by atoms with Gasteiger partial charge in [0.1, 0.15) is 5.82 Å². The van der Waals surface area contributed by atoms with Crippen LogP contribution < -0.4 is 10.6 Å². The summed E-state index contributed by atoms with van der Waals surface area (Å²) in [4.78, 5) is 22.4. The van der Waals surface area contributed by atoms with Gasteiger partial charge in [-0.25, -0.2) is 9.78 Å². The maximum atomic E-state index is 11.9. The zero-order valence-corrected chi connectivity index (χ0v) is 17.8. The number of allylic oxidation sites excluding steroid dienone is 1. The van der Waals surface area contributed by atoms with Gasteiger partial charge in [0.2, 0.25) is 0 Å². The van der Waals surface area contributed by atoms with E-state index >= 15 is 0 Å². The molecule has 0 fully saturated rings. The number of carbonyl (C=O) groups is 1. The maximum absolute atomic E-state index is 11.9. The average Bonchev–Trinajstić information content (AvgIpc) is 2.73. The summed E-state index contributed by atoms with van der Waals surface area (Å²) < 4.78 is 12.5. The van der Waals surface area contributed by atoms with E-state index in [2.05, 4.69) is 16.0 Å². The van der Waals surface area contributed by atoms with Crippen LogP contribution in [0.1, 0.15) is 34.1 Å². The van der Waals surface area contributed by atoms with Crippen LogP contribution in [0.3, 0.4) is 0 Å². The van der Waals surface area contributed by atoms with Gasteiger partial charge < -0.3 is 15.7 Å². The number of aliphatic imine (C=N–C) groups is 1. The van der Waals surface area contributed by atoms with E-state index in [0.29, 0.717) is 35.8 Å². The second kappa shape index (κ2) is 8.59. The summed E-state index contributed by atoms with van der Waals surface area (Å²) in [6, 6.07) is 9.41. The minimum absolute atomic E-state index is 0.0625. The van der Waals surface area contributed by atoms with E-state index in [9.17, 15) is 13.0 Å². The second-order valence-corrected chi connectivity index (χ2v) is 7.99. The zero-order chi connectivity index (χ0) is 20.3. The molecule has 0 amide bonds. The van der Waals surface area contributed by atoms with Crippen LogP contribution >= 0.6 is 21.2 Å². The first-order valence-corrected chi connectivity index (χ1v) is 10.7. The number of hydrogen-bond donors (Lipinski definition) is 2. The number of nitrogens with zero attached hydrogens (tertiary/aromatic N) is 3.